The average Bonchev–Trinajstić information content (AvgIpc) is 3.48. The number of aryl methyl sites for hydroxylation is 2. The summed E-state index contributed by atoms with van der Waals surface area (Å²) in [6.45, 7) is 9.07. The van der Waals surface area contributed by atoms with Crippen LogP contribution in [0.4, 0.5) is 0 Å². The summed E-state index contributed by atoms with van der Waals surface area (Å²) in [5, 5.41) is 3.01. The van der Waals surface area contributed by atoms with Gasteiger partial charge in [0.2, 0.25) is 0 Å². The molecule has 4 heteroatoms. The van der Waals surface area contributed by atoms with E-state index in [2.05, 4.69) is 113 Å². The Morgan fingerprint density at radius 1 is 0.838 bits per heavy atom. The van der Waals surface area contributed by atoms with Crippen molar-refractivity contribution in [3.8, 4) is 22.3 Å². The molecule has 0 spiro atoms. The Bertz CT molecular complexity index is 1570. The fourth-order valence-corrected chi connectivity index (χ4v) is 23.6. The second-order valence-electron chi connectivity index (χ2n) is 10.8. The van der Waals surface area contributed by atoms with Crippen LogP contribution in [0.3, 0.4) is 0 Å². The summed E-state index contributed by atoms with van der Waals surface area (Å²) in [5.74, 6) is 0.381. The number of halogens is 2. The molecule has 37 heavy (non-hydrogen) atoms. The van der Waals surface area contributed by atoms with Gasteiger partial charge in [-0.3, -0.25) is 0 Å². The molecule has 0 fully saturated rings. The summed E-state index contributed by atoms with van der Waals surface area (Å²) in [6.07, 6.45) is 3.45. The van der Waals surface area contributed by atoms with Gasteiger partial charge in [0.1, 0.15) is 0 Å². The number of fused-ring (bicyclic) bond motifs is 4. The van der Waals surface area contributed by atoms with Gasteiger partial charge in [-0.05, 0) is 0 Å². The molecule has 4 aromatic rings. The Labute approximate surface area is 235 Å². The predicted octanol–water partition coefficient (Wildman–Crippen LogP) is 7.21. The van der Waals surface area contributed by atoms with E-state index >= 15 is 0 Å². The van der Waals surface area contributed by atoms with Crippen LogP contribution in [0.1, 0.15) is 46.7 Å². The van der Waals surface area contributed by atoms with Crippen LogP contribution in [-0.2, 0) is 24.3 Å². The summed E-state index contributed by atoms with van der Waals surface area (Å²) in [7, 11) is 15.0. The molecular weight excluding hydrogens is 587 g/mol. The van der Waals surface area contributed by atoms with E-state index in [1.54, 1.807) is 0 Å². The van der Waals surface area contributed by atoms with Crippen LogP contribution in [-0.4, -0.2) is 9.52 Å². The molecule has 1 atom stereocenters. The second kappa shape index (κ2) is 9.80. The van der Waals surface area contributed by atoms with Crippen LogP contribution < -0.4 is 13.6 Å². The van der Waals surface area contributed by atoms with Crippen molar-refractivity contribution < 1.29 is 17.9 Å². The molecule has 186 valence electrons. The van der Waals surface area contributed by atoms with Crippen molar-refractivity contribution in [2.24, 2.45) is 5.92 Å². The molecule has 0 saturated heterocycles. The zero-order valence-corrected chi connectivity index (χ0v) is 27.3. The molecule has 6 rings (SSSR count). The zero-order valence-electron chi connectivity index (χ0n) is 21.9. The average molecular weight is 619 g/mol. The molecule has 2 aliphatic rings. The van der Waals surface area contributed by atoms with Crippen LogP contribution in [0.5, 0.6) is 0 Å². The monoisotopic (exact) mass is 616 g/mol. The third-order valence-corrected chi connectivity index (χ3v) is 22.6. The minimum atomic E-state index is -3.96. The van der Waals surface area contributed by atoms with Gasteiger partial charge in [0.05, 0.1) is 0 Å². The van der Waals surface area contributed by atoms with Gasteiger partial charge in [0.15, 0.2) is 0 Å². The maximum absolute atomic E-state index is 7.82. The Morgan fingerprint density at radius 2 is 1.54 bits per heavy atom. The molecule has 0 aromatic heterocycles. The summed E-state index contributed by atoms with van der Waals surface area (Å²) in [5.41, 5.74) is 12.3. The molecule has 1 heterocycles. The minimum absolute atomic E-state index is 0.116. The summed E-state index contributed by atoms with van der Waals surface area (Å²) >= 11 is -3.96. The maximum atomic E-state index is 7.82. The molecule has 1 unspecified atom stereocenters. The van der Waals surface area contributed by atoms with Gasteiger partial charge < -0.3 is 0 Å². The molecule has 0 nitrogen and oxygen atoms in total. The second-order valence-corrected chi connectivity index (χ2v) is 26.6. The first-order valence-corrected chi connectivity index (χ1v) is 23.7. The van der Waals surface area contributed by atoms with Crippen LogP contribution in [0, 0.1) is 12.8 Å². The van der Waals surface area contributed by atoms with Crippen LogP contribution >= 0.6 is 17.0 Å². The van der Waals surface area contributed by atoms with Crippen molar-refractivity contribution in [3.63, 3.8) is 0 Å². The summed E-state index contributed by atoms with van der Waals surface area (Å²) < 4.78 is 1.42. The molecule has 0 saturated carbocycles. The van der Waals surface area contributed by atoms with Gasteiger partial charge in [-0.2, -0.15) is 0 Å². The summed E-state index contributed by atoms with van der Waals surface area (Å²) in [4.78, 5) is 0. The molecular formula is C33H32Cl2SiZr. The van der Waals surface area contributed by atoms with Crippen molar-refractivity contribution in [1.29, 1.82) is 0 Å². The van der Waals surface area contributed by atoms with Crippen LogP contribution in [0.25, 0.3) is 28.3 Å². The molecule has 4 aromatic carbocycles. The van der Waals surface area contributed by atoms with Gasteiger partial charge in [-0.1, -0.05) is 0 Å². The van der Waals surface area contributed by atoms with Crippen molar-refractivity contribution in [2.75, 3.05) is 0 Å². The molecule has 0 bridgehead atoms. The Hall–Kier alpha value is -1.70. The SMILES string of the molecule is CCc1ccc2c(c1-c1ccccc1C)C=C(C(C)C)[CH]2[Zr]([Cl])([Cl])[c]1cccc2c1[SiH2]c1ccccc1-2. The topological polar surface area (TPSA) is 0 Å². The predicted molar refractivity (Wildman–Crippen MR) is 163 cm³/mol. The Morgan fingerprint density at radius 3 is 2.27 bits per heavy atom. The van der Waals surface area contributed by atoms with Gasteiger partial charge >= 0.3 is 237 Å². The van der Waals surface area contributed by atoms with Gasteiger partial charge in [0, 0.05) is 0 Å². The van der Waals surface area contributed by atoms with Crippen LogP contribution in [0.2, 0.25) is 0 Å². The molecule has 0 N–H and O–H groups in total. The van der Waals surface area contributed by atoms with Crippen LogP contribution in [0.15, 0.2) is 84.4 Å². The van der Waals surface area contributed by atoms with Crippen molar-refractivity contribution in [3.05, 3.63) is 107 Å². The van der Waals surface area contributed by atoms with Crippen molar-refractivity contribution in [2.45, 2.75) is 37.7 Å². The number of hydrogen-bond donors (Lipinski definition) is 0. The fraction of sp³-hybridized carbons (Fsp3) is 0.212. The third kappa shape index (κ3) is 4.11. The van der Waals surface area contributed by atoms with Crippen molar-refractivity contribution >= 4 is 46.3 Å². The normalized spacial score (nSPS) is 16.6. The van der Waals surface area contributed by atoms with E-state index in [0.29, 0.717) is 5.92 Å². The molecule has 1 aliphatic heterocycles. The fourth-order valence-electron chi connectivity index (χ4n) is 6.51. The standard InChI is InChI=1S/C21H23.C12H9Si.2ClH.Zr/c1-5-16-10-11-17-12-18(14(2)3)13-20(17)21(16)19-9-7-6-8-15(19)4;1-3-7-11-9(5-1)10-6-2-4-8-12(10)13-11;;;/h6-14H,5H2,1-4H3;1-7H,13H2;2*1H;/q;;;;+2/p-2. The van der Waals surface area contributed by atoms with Gasteiger partial charge in [-0.25, -0.2) is 0 Å². The summed E-state index contributed by atoms with van der Waals surface area (Å²) in [6, 6.07) is 29.1. The first kappa shape index (κ1) is 25.6. The van der Waals surface area contributed by atoms with E-state index < -0.39 is 27.4 Å². The Kier molecular flexibility index (Phi) is 6.77. The van der Waals surface area contributed by atoms with Gasteiger partial charge in [0.25, 0.3) is 0 Å². The van der Waals surface area contributed by atoms with E-state index in [0.717, 1.165) is 6.42 Å². The number of allylic oxidation sites excluding steroid dienone is 1. The third-order valence-electron chi connectivity index (χ3n) is 8.36. The quantitative estimate of drug-likeness (QED) is 0.183. The first-order chi connectivity index (χ1) is 17.8. The zero-order chi connectivity index (χ0) is 25.9. The Balaban J connectivity index is 1.56. The number of rotatable bonds is 5. The van der Waals surface area contributed by atoms with E-state index in [1.807, 2.05) is 0 Å². The van der Waals surface area contributed by atoms with Gasteiger partial charge in [-0.15, -0.1) is 0 Å². The number of hydrogen-bond acceptors (Lipinski definition) is 0. The van der Waals surface area contributed by atoms with E-state index in [1.165, 1.54) is 63.7 Å². The molecule has 0 amide bonds. The van der Waals surface area contributed by atoms with E-state index in [4.69, 9.17) is 17.0 Å². The van der Waals surface area contributed by atoms with E-state index in [-0.39, 0.29) is 3.63 Å². The molecule has 1 aliphatic carbocycles. The molecule has 0 radical (unpaired) electrons. The number of benzene rings is 4. The first-order valence-electron chi connectivity index (χ1n) is 13.3. The van der Waals surface area contributed by atoms with Crippen molar-refractivity contribution in [1.82, 2.24) is 0 Å². The van der Waals surface area contributed by atoms with E-state index in [9.17, 15) is 0 Å².